The maximum Gasteiger partial charge on any atom is 0.255 e. The van der Waals surface area contributed by atoms with Gasteiger partial charge in [0.25, 0.3) is 5.78 Å². The van der Waals surface area contributed by atoms with Crippen LogP contribution in [0.4, 0.5) is 14.6 Å². The Morgan fingerprint density at radius 1 is 1.29 bits per heavy atom. The molecule has 1 fully saturated rings. The summed E-state index contributed by atoms with van der Waals surface area (Å²) in [6.45, 7) is 1.48. The van der Waals surface area contributed by atoms with Crippen LogP contribution in [0.25, 0.3) is 16.9 Å². The van der Waals surface area contributed by atoms with E-state index in [2.05, 4.69) is 20.4 Å². The Morgan fingerprint density at radius 3 is 2.79 bits per heavy atom. The Bertz CT molecular complexity index is 1000. The molecule has 1 aliphatic carbocycles. The van der Waals surface area contributed by atoms with Crippen molar-refractivity contribution in [2.75, 3.05) is 5.32 Å². The lowest BCUT2D eigenvalue weighted by Crippen LogP contribution is -2.12. The van der Waals surface area contributed by atoms with Crippen LogP contribution in [0.15, 0.2) is 18.5 Å². The molecule has 8 heteroatoms. The number of anilines is 1. The third-order valence-corrected chi connectivity index (χ3v) is 3.97. The van der Waals surface area contributed by atoms with Crippen LogP contribution in [0.2, 0.25) is 0 Å². The van der Waals surface area contributed by atoms with E-state index in [1.807, 2.05) is 6.07 Å². The quantitative estimate of drug-likeness (QED) is 0.800. The number of aryl methyl sites for hydroxylation is 1. The van der Waals surface area contributed by atoms with Gasteiger partial charge in [-0.3, -0.25) is 0 Å². The van der Waals surface area contributed by atoms with Gasteiger partial charge in [0.15, 0.2) is 5.69 Å². The molecule has 4 rings (SSSR count). The summed E-state index contributed by atoms with van der Waals surface area (Å²) in [5, 5.41) is 16.8. The zero-order valence-electron chi connectivity index (χ0n) is 12.7. The maximum atomic E-state index is 14.5. The van der Waals surface area contributed by atoms with E-state index in [9.17, 15) is 14.0 Å². The second-order valence-corrected chi connectivity index (χ2v) is 5.77. The summed E-state index contributed by atoms with van der Waals surface area (Å²) in [5.41, 5.74) is 0.337. The molecule has 0 saturated heterocycles. The summed E-state index contributed by atoms with van der Waals surface area (Å²) < 4.78 is 29.9. The van der Waals surface area contributed by atoms with E-state index in [4.69, 9.17) is 0 Å². The minimum absolute atomic E-state index is 0.0253. The maximum absolute atomic E-state index is 14.5. The molecular weight excluding hydrogens is 314 g/mol. The second kappa shape index (κ2) is 5.23. The molecule has 3 aromatic rings. The van der Waals surface area contributed by atoms with Gasteiger partial charge in [0.1, 0.15) is 29.8 Å². The van der Waals surface area contributed by atoms with Crippen molar-refractivity contribution in [2.45, 2.75) is 25.8 Å². The largest absolute Gasteiger partial charge is 0.367 e. The summed E-state index contributed by atoms with van der Waals surface area (Å²) in [7, 11) is 0. The van der Waals surface area contributed by atoms with Crippen LogP contribution in [0, 0.1) is 29.9 Å². The highest BCUT2D eigenvalue weighted by Crippen LogP contribution is 2.36. The standard InChI is InChI=1S/C16H12F2N6/c1-8-4-12(18)10(5-11(8)17)14-13(6-19)23-16-20-7-21-24(16)15(14)22-9-2-3-9/h4-5,7,9,22H,2-3H2,1H3. The zero-order chi connectivity index (χ0) is 16.8. The van der Waals surface area contributed by atoms with Crippen LogP contribution in [-0.4, -0.2) is 25.6 Å². The Balaban J connectivity index is 2.06. The summed E-state index contributed by atoms with van der Waals surface area (Å²) in [6, 6.07) is 4.36. The Kier molecular flexibility index (Phi) is 3.16. The van der Waals surface area contributed by atoms with Crippen molar-refractivity contribution < 1.29 is 8.78 Å². The number of halogens is 2. The van der Waals surface area contributed by atoms with Gasteiger partial charge >= 0.3 is 0 Å². The third kappa shape index (κ3) is 2.25. The van der Waals surface area contributed by atoms with E-state index in [0.29, 0.717) is 5.82 Å². The minimum Gasteiger partial charge on any atom is -0.367 e. The molecule has 1 saturated carbocycles. The van der Waals surface area contributed by atoms with Crippen molar-refractivity contribution in [1.29, 1.82) is 5.26 Å². The Labute approximate surface area is 135 Å². The molecule has 1 aliphatic rings. The number of benzene rings is 1. The van der Waals surface area contributed by atoms with Crippen LogP contribution in [0.5, 0.6) is 0 Å². The third-order valence-electron chi connectivity index (χ3n) is 3.97. The lowest BCUT2D eigenvalue weighted by atomic mass is 10.0. The van der Waals surface area contributed by atoms with Gasteiger partial charge in [0.05, 0.1) is 5.56 Å². The highest BCUT2D eigenvalue weighted by atomic mass is 19.1. The molecule has 1 N–H and O–H groups in total. The molecule has 2 aromatic heterocycles. The van der Waals surface area contributed by atoms with Crippen LogP contribution in [-0.2, 0) is 0 Å². The Hall–Kier alpha value is -3.08. The van der Waals surface area contributed by atoms with E-state index in [1.165, 1.54) is 17.8 Å². The zero-order valence-corrected chi connectivity index (χ0v) is 12.7. The van der Waals surface area contributed by atoms with E-state index in [-0.39, 0.29) is 34.2 Å². The molecule has 6 nitrogen and oxygen atoms in total. The van der Waals surface area contributed by atoms with Gasteiger partial charge in [0.2, 0.25) is 0 Å². The first-order valence-corrected chi connectivity index (χ1v) is 7.45. The molecule has 0 radical (unpaired) electrons. The predicted octanol–water partition coefficient (Wildman–Crippen LogP) is 2.82. The summed E-state index contributed by atoms with van der Waals surface area (Å²) >= 11 is 0. The van der Waals surface area contributed by atoms with Crippen LogP contribution < -0.4 is 5.32 Å². The second-order valence-electron chi connectivity index (χ2n) is 5.77. The molecule has 120 valence electrons. The monoisotopic (exact) mass is 326 g/mol. The van der Waals surface area contributed by atoms with Gasteiger partial charge in [0, 0.05) is 11.6 Å². The Morgan fingerprint density at radius 2 is 2.08 bits per heavy atom. The highest BCUT2D eigenvalue weighted by Gasteiger charge is 2.27. The van der Waals surface area contributed by atoms with E-state index in [0.717, 1.165) is 25.0 Å². The number of hydrogen-bond donors (Lipinski definition) is 1. The molecule has 24 heavy (non-hydrogen) atoms. The molecule has 0 unspecified atom stereocenters. The molecule has 0 amide bonds. The average molecular weight is 326 g/mol. The first-order valence-electron chi connectivity index (χ1n) is 7.45. The smallest absolute Gasteiger partial charge is 0.255 e. The van der Waals surface area contributed by atoms with Crippen molar-refractivity contribution in [2.24, 2.45) is 0 Å². The van der Waals surface area contributed by atoms with Gasteiger partial charge in [-0.1, -0.05) is 0 Å². The van der Waals surface area contributed by atoms with Gasteiger partial charge in [-0.15, -0.1) is 0 Å². The fraction of sp³-hybridized carbons (Fsp3) is 0.250. The van der Waals surface area contributed by atoms with Crippen molar-refractivity contribution in [3.8, 4) is 17.2 Å². The minimum atomic E-state index is -0.620. The van der Waals surface area contributed by atoms with Gasteiger partial charge in [-0.25, -0.2) is 8.78 Å². The number of nitrogens with zero attached hydrogens (tertiary/aromatic N) is 5. The summed E-state index contributed by atoms with van der Waals surface area (Å²) in [4.78, 5) is 8.10. The van der Waals surface area contributed by atoms with Crippen molar-refractivity contribution in [1.82, 2.24) is 19.6 Å². The number of rotatable bonds is 3. The number of nitriles is 1. The molecule has 0 bridgehead atoms. The van der Waals surface area contributed by atoms with Crippen molar-refractivity contribution in [3.05, 3.63) is 41.4 Å². The number of fused-ring (bicyclic) bond motifs is 1. The fourth-order valence-corrected chi connectivity index (χ4v) is 2.57. The van der Waals surface area contributed by atoms with Crippen LogP contribution in [0.1, 0.15) is 24.1 Å². The van der Waals surface area contributed by atoms with E-state index >= 15 is 0 Å². The van der Waals surface area contributed by atoms with Crippen LogP contribution in [0.3, 0.4) is 0 Å². The SMILES string of the molecule is Cc1cc(F)c(-c2c(C#N)nc3ncnn3c2NC2CC2)cc1F. The molecule has 2 heterocycles. The average Bonchev–Trinajstić information content (AvgIpc) is 3.25. The van der Waals surface area contributed by atoms with Crippen molar-refractivity contribution >= 4 is 11.6 Å². The van der Waals surface area contributed by atoms with E-state index in [1.54, 1.807) is 0 Å². The normalized spacial score (nSPS) is 13.9. The fourth-order valence-electron chi connectivity index (χ4n) is 2.57. The van der Waals surface area contributed by atoms with Gasteiger partial charge < -0.3 is 5.32 Å². The predicted molar refractivity (Wildman–Crippen MR) is 82.2 cm³/mol. The van der Waals surface area contributed by atoms with Crippen LogP contribution >= 0.6 is 0 Å². The number of aromatic nitrogens is 4. The van der Waals surface area contributed by atoms with Crippen molar-refractivity contribution in [3.63, 3.8) is 0 Å². The lowest BCUT2D eigenvalue weighted by molar-refractivity contribution is 0.595. The molecule has 0 spiro atoms. The lowest BCUT2D eigenvalue weighted by Gasteiger charge is -2.15. The highest BCUT2D eigenvalue weighted by molar-refractivity contribution is 5.81. The first kappa shape index (κ1) is 14.5. The first-order chi connectivity index (χ1) is 11.6. The number of nitrogens with one attached hydrogen (secondary N) is 1. The van der Waals surface area contributed by atoms with Gasteiger partial charge in [-0.05, 0) is 37.5 Å². The topological polar surface area (TPSA) is 78.9 Å². The molecule has 0 atom stereocenters. The summed E-state index contributed by atoms with van der Waals surface area (Å²) in [6.07, 6.45) is 3.23. The van der Waals surface area contributed by atoms with E-state index < -0.39 is 11.6 Å². The number of hydrogen-bond acceptors (Lipinski definition) is 5. The molecule has 0 aliphatic heterocycles. The van der Waals surface area contributed by atoms with Gasteiger partial charge in [-0.2, -0.15) is 24.8 Å². The molecule has 1 aromatic carbocycles. The summed E-state index contributed by atoms with van der Waals surface area (Å²) in [5.74, 6) is -0.540. The molecular formula is C16H12F2N6.